The summed E-state index contributed by atoms with van der Waals surface area (Å²) in [7, 11) is -3.50. The van der Waals surface area contributed by atoms with Gasteiger partial charge in [0.1, 0.15) is 4.90 Å². The molecular formula is C14H16NO4S3-. The highest BCUT2D eigenvalue weighted by molar-refractivity contribution is 7.89. The lowest BCUT2D eigenvalue weighted by atomic mass is 10.1. The average molecular weight is 358 g/mol. The summed E-state index contributed by atoms with van der Waals surface area (Å²) < 4.78 is 49.3. The summed E-state index contributed by atoms with van der Waals surface area (Å²) in [6, 6.07) is 7.47. The number of fused-ring (bicyclic) bond motifs is 1. The summed E-state index contributed by atoms with van der Waals surface area (Å²) in [4.78, 5) is 0.362. The first kappa shape index (κ1) is 16.1. The Balaban J connectivity index is 1.81. The number of sulfonamides is 1. The molecule has 1 aliphatic rings. The molecule has 3 rings (SSSR count). The van der Waals surface area contributed by atoms with E-state index in [1.165, 1.54) is 15.6 Å². The van der Waals surface area contributed by atoms with Crippen molar-refractivity contribution in [2.45, 2.75) is 17.7 Å². The first-order valence-electron chi connectivity index (χ1n) is 7.01. The van der Waals surface area contributed by atoms with Crippen molar-refractivity contribution in [3.8, 4) is 0 Å². The third kappa shape index (κ3) is 3.11. The van der Waals surface area contributed by atoms with Gasteiger partial charge in [-0.1, -0.05) is 29.3 Å². The Kier molecular flexibility index (Phi) is 4.65. The summed E-state index contributed by atoms with van der Waals surface area (Å²) in [5.41, 5.74) is 0. The van der Waals surface area contributed by atoms with Crippen LogP contribution in [0.25, 0.3) is 10.1 Å². The van der Waals surface area contributed by atoms with E-state index in [1.807, 2.05) is 24.3 Å². The molecule has 1 aromatic heterocycles. The zero-order valence-electron chi connectivity index (χ0n) is 11.8. The molecule has 2 heterocycles. The Bertz CT molecular complexity index is 799. The minimum absolute atomic E-state index is 0.0972. The molecule has 0 bridgehead atoms. The Morgan fingerprint density at radius 1 is 1.36 bits per heavy atom. The molecule has 8 heteroatoms. The quantitative estimate of drug-likeness (QED) is 0.768. The Hall–Kier alpha value is -0.800. The van der Waals surface area contributed by atoms with Crippen LogP contribution >= 0.6 is 11.3 Å². The number of hydrogen-bond donors (Lipinski definition) is 0. The number of benzene rings is 1. The molecule has 0 spiro atoms. The first-order chi connectivity index (χ1) is 10.5. The zero-order chi connectivity index (χ0) is 15.7. The Morgan fingerprint density at radius 3 is 2.91 bits per heavy atom. The highest BCUT2D eigenvalue weighted by Crippen LogP contribution is 2.33. The molecule has 2 atom stereocenters. The molecule has 2 aromatic rings. The van der Waals surface area contributed by atoms with Gasteiger partial charge < -0.3 is 4.55 Å². The molecular weight excluding hydrogens is 342 g/mol. The topological polar surface area (TPSA) is 77.5 Å². The highest BCUT2D eigenvalue weighted by atomic mass is 32.2. The van der Waals surface area contributed by atoms with Gasteiger partial charge in [-0.05, 0) is 24.8 Å². The largest absolute Gasteiger partial charge is 0.772 e. The molecule has 1 aromatic carbocycles. The zero-order valence-corrected chi connectivity index (χ0v) is 14.3. The second kappa shape index (κ2) is 6.37. The van der Waals surface area contributed by atoms with E-state index < -0.39 is 21.1 Å². The van der Waals surface area contributed by atoms with Gasteiger partial charge in [0.25, 0.3) is 0 Å². The molecule has 0 aliphatic carbocycles. The molecule has 0 radical (unpaired) electrons. The van der Waals surface area contributed by atoms with Gasteiger partial charge in [-0.3, -0.25) is 4.21 Å². The lowest BCUT2D eigenvalue weighted by molar-refractivity contribution is 0.452. The second-order valence-electron chi connectivity index (χ2n) is 5.41. The standard InChI is InChI=1S/C14H17NO4S3/c16-21(17)8-6-11-5-7-15(9-11)22(18,19)14-10-20-13-4-2-1-3-12(13)14/h1-4,10-11H,5-9H2,(H,16,17)/p-1. The van der Waals surface area contributed by atoms with E-state index in [9.17, 15) is 17.2 Å². The fraction of sp³-hybridized carbons (Fsp3) is 0.429. The van der Waals surface area contributed by atoms with Gasteiger partial charge in [0.15, 0.2) is 0 Å². The average Bonchev–Trinajstić information content (AvgIpc) is 3.12. The van der Waals surface area contributed by atoms with Crippen LogP contribution in [0.2, 0.25) is 0 Å². The summed E-state index contributed by atoms with van der Waals surface area (Å²) in [6.45, 7) is 0.867. The molecule has 1 saturated heterocycles. The highest BCUT2D eigenvalue weighted by Gasteiger charge is 2.33. The molecule has 1 fully saturated rings. The maximum Gasteiger partial charge on any atom is 0.244 e. The fourth-order valence-corrected chi connectivity index (χ4v) is 6.34. The lowest BCUT2D eigenvalue weighted by Gasteiger charge is -2.16. The monoisotopic (exact) mass is 358 g/mol. The smallest absolute Gasteiger partial charge is 0.244 e. The van der Waals surface area contributed by atoms with Gasteiger partial charge in [-0.15, -0.1) is 11.3 Å². The van der Waals surface area contributed by atoms with Crippen LogP contribution in [0, 0.1) is 5.92 Å². The normalized spacial score (nSPS) is 21.4. The number of rotatable bonds is 5. The van der Waals surface area contributed by atoms with E-state index in [1.54, 1.807) is 5.38 Å². The second-order valence-corrected chi connectivity index (χ2v) is 9.24. The van der Waals surface area contributed by atoms with E-state index in [0.29, 0.717) is 24.4 Å². The lowest BCUT2D eigenvalue weighted by Crippen LogP contribution is -2.28. The van der Waals surface area contributed by atoms with Crippen molar-refractivity contribution in [2.24, 2.45) is 5.92 Å². The van der Waals surface area contributed by atoms with E-state index in [0.717, 1.165) is 16.5 Å². The molecule has 0 amide bonds. The van der Waals surface area contributed by atoms with Gasteiger partial charge in [0.05, 0.1) is 0 Å². The third-order valence-electron chi connectivity index (χ3n) is 4.00. The first-order valence-corrected chi connectivity index (χ1v) is 10.6. The van der Waals surface area contributed by atoms with Crippen molar-refractivity contribution in [1.29, 1.82) is 0 Å². The van der Waals surface area contributed by atoms with Crippen molar-refractivity contribution in [3.05, 3.63) is 29.6 Å². The van der Waals surface area contributed by atoms with Crippen molar-refractivity contribution in [2.75, 3.05) is 18.8 Å². The van der Waals surface area contributed by atoms with E-state index in [-0.39, 0.29) is 11.7 Å². The van der Waals surface area contributed by atoms with Crippen molar-refractivity contribution in [3.63, 3.8) is 0 Å². The number of hydrogen-bond acceptors (Lipinski definition) is 5. The van der Waals surface area contributed by atoms with E-state index in [2.05, 4.69) is 0 Å². The predicted octanol–water partition coefficient (Wildman–Crippen LogP) is 2.18. The molecule has 5 nitrogen and oxygen atoms in total. The Labute approximate surface area is 136 Å². The fourth-order valence-electron chi connectivity index (χ4n) is 2.81. The maximum absolute atomic E-state index is 12.8. The van der Waals surface area contributed by atoms with Gasteiger partial charge in [-0.2, -0.15) is 4.31 Å². The molecule has 22 heavy (non-hydrogen) atoms. The van der Waals surface area contributed by atoms with Crippen molar-refractivity contribution >= 4 is 42.5 Å². The third-order valence-corrected chi connectivity index (χ3v) is 7.59. The van der Waals surface area contributed by atoms with Crippen LogP contribution in [0.3, 0.4) is 0 Å². The van der Waals surface area contributed by atoms with Crippen LogP contribution in [0.5, 0.6) is 0 Å². The summed E-state index contributed by atoms with van der Waals surface area (Å²) >= 11 is -0.631. The molecule has 0 N–H and O–H groups in total. The predicted molar refractivity (Wildman–Crippen MR) is 87.1 cm³/mol. The van der Waals surface area contributed by atoms with E-state index >= 15 is 0 Å². The Morgan fingerprint density at radius 2 is 2.14 bits per heavy atom. The van der Waals surface area contributed by atoms with Crippen LogP contribution in [0.15, 0.2) is 34.5 Å². The van der Waals surface area contributed by atoms with Gasteiger partial charge in [-0.25, -0.2) is 8.42 Å². The van der Waals surface area contributed by atoms with Crippen molar-refractivity contribution in [1.82, 2.24) is 4.31 Å². The van der Waals surface area contributed by atoms with Crippen LogP contribution in [0.4, 0.5) is 0 Å². The van der Waals surface area contributed by atoms with Gasteiger partial charge in [0.2, 0.25) is 10.0 Å². The maximum atomic E-state index is 12.8. The van der Waals surface area contributed by atoms with Gasteiger partial charge in [0, 0.05) is 34.3 Å². The minimum atomic E-state index is -3.50. The van der Waals surface area contributed by atoms with Crippen molar-refractivity contribution < 1.29 is 17.2 Å². The summed E-state index contributed by atoms with van der Waals surface area (Å²) in [5.74, 6) is 0.220. The summed E-state index contributed by atoms with van der Waals surface area (Å²) in [6.07, 6.45) is 1.24. The SMILES string of the molecule is O=S([O-])CCC1CCN(S(=O)(=O)c2csc3ccccc23)C1. The molecule has 1 aliphatic heterocycles. The van der Waals surface area contributed by atoms with Gasteiger partial charge >= 0.3 is 0 Å². The van der Waals surface area contributed by atoms with Crippen LogP contribution in [-0.4, -0.2) is 40.3 Å². The summed E-state index contributed by atoms with van der Waals surface area (Å²) in [5, 5.41) is 2.46. The van der Waals surface area contributed by atoms with Crippen LogP contribution in [-0.2, 0) is 21.1 Å². The molecule has 120 valence electrons. The van der Waals surface area contributed by atoms with Crippen LogP contribution < -0.4 is 0 Å². The number of nitrogens with zero attached hydrogens (tertiary/aromatic N) is 1. The van der Waals surface area contributed by atoms with Crippen LogP contribution in [0.1, 0.15) is 12.8 Å². The number of thiophene rings is 1. The molecule has 2 unspecified atom stereocenters. The minimum Gasteiger partial charge on any atom is -0.772 e. The van der Waals surface area contributed by atoms with E-state index in [4.69, 9.17) is 0 Å². The molecule has 0 saturated carbocycles.